The molecule has 0 saturated carbocycles. The minimum atomic E-state index is -0.688. The van der Waals surface area contributed by atoms with Gasteiger partial charge in [0, 0.05) is 12.0 Å². The predicted molar refractivity (Wildman–Crippen MR) is 46.5 cm³/mol. The molecular weight excluding hydrogens is 184 g/mol. The first-order valence-corrected chi connectivity index (χ1v) is 4.40. The average Bonchev–Trinajstić information content (AvgIpc) is 2.70. The quantitative estimate of drug-likeness (QED) is 0.667. The summed E-state index contributed by atoms with van der Waals surface area (Å²) < 4.78 is 10.3. The second kappa shape index (κ2) is 2.48. The zero-order valence-corrected chi connectivity index (χ0v) is 7.32. The molecule has 3 rings (SSSR count). The Labute approximate surface area is 80.1 Å². The second-order valence-corrected chi connectivity index (χ2v) is 3.44. The Morgan fingerprint density at radius 1 is 1.29 bits per heavy atom. The van der Waals surface area contributed by atoms with Gasteiger partial charge in [-0.2, -0.15) is 0 Å². The zero-order chi connectivity index (χ0) is 9.71. The number of hydrogen-bond donors (Lipinski definition) is 1. The van der Waals surface area contributed by atoms with Gasteiger partial charge < -0.3 is 14.6 Å². The van der Waals surface area contributed by atoms with Crippen LogP contribution in [0.25, 0.3) is 0 Å². The van der Waals surface area contributed by atoms with Crippen LogP contribution in [0.1, 0.15) is 28.4 Å². The Bertz CT molecular complexity index is 424. The first-order valence-electron chi connectivity index (χ1n) is 4.40. The number of carbonyl (C=O) groups is 1. The van der Waals surface area contributed by atoms with Gasteiger partial charge in [-0.25, -0.2) is 0 Å². The molecule has 0 radical (unpaired) electrons. The summed E-state index contributed by atoms with van der Waals surface area (Å²) >= 11 is 0. The lowest BCUT2D eigenvalue weighted by atomic mass is 10.1. The van der Waals surface area contributed by atoms with Gasteiger partial charge >= 0.3 is 0 Å². The van der Waals surface area contributed by atoms with Crippen molar-refractivity contribution in [3.8, 4) is 11.5 Å². The van der Waals surface area contributed by atoms with E-state index in [9.17, 15) is 9.90 Å². The number of Topliss-reactive ketones (excluding diaryl/α,β-unsaturated/α-hetero) is 1. The maximum absolute atomic E-state index is 11.4. The number of aliphatic hydroxyl groups is 1. The average molecular weight is 192 g/mol. The van der Waals surface area contributed by atoms with Crippen LogP contribution in [0.3, 0.4) is 0 Å². The van der Waals surface area contributed by atoms with Gasteiger partial charge in [-0.3, -0.25) is 4.79 Å². The van der Waals surface area contributed by atoms with Crippen molar-refractivity contribution in [1.29, 1.82) is 0 Å². The van der Waals surface area contributed by atoms with Gasteiger partial charge in [-0.15, -0.1) is 0 Å². The molecule has 0 bridgehead atoms. The number of ether oxygens (including phenoxy) is 2. The van der Waals surface area contributed by atoms with Crippen LogP contribution in [-0.4, -0.2) is 17.7 Å². The van der Waals surface area contributed by atoms with Crippen molar-refractivity contribution in [2.45, 2.75) is 12.5 Å². The monoisotopic (exact) mass is 192 g/mol. The summed E-state index contributed by atoms with van der Waals surface area (Å²) in [6.07, 6.45) is -0.523. The smallest absolute Gasteiger partial charge is 0.231 e. The zero-order valence-electron chi connectivity index (χ0n) is 7.32. The molecule has 0 fully saturated rings. The van der Waals surface area contributed by atoms with E-state index in [1.54, 1.807) is 12.1 Å². The summed E-state index contributed by atoms with van der Waals surface area (Å²) in [5.41, 5.74) is 1.21. The second-order valence-electron chi connectivity index (χ2n) is 3.44. The van der Waals surface area contributed by atoms with E-state index in [-0.39, 0.29) is 19.0 Å². The molecule has 1 aromatic carbocycles. The molecule has 0 aromatic heterocycles. The Balaban J connectivity index is 2.22. The van der Waals surface area contributed by atoms with Gasteiger partial charge in [0.2, 0.25) is 6.79 Å². The van der Waals surface area contributed by atoms with Crippen LogP contribution in [0.5, 0.6) is 11.5 Å². The highest BCUT2D eigenvalue weighted by molar-refractivity contribution is 6.01. The maximum Gasteiger partial charge on any atom is 0.231 e. The van der Waals surface area contributed by atoms with Crippen LogP contribution in [0, 0.1) is 0 Å². The lowest BCUT2D eigenvalue weighted by molar-refractivity contribution is 0.0929. The summed E-state index contributed by atoms with van der Waals surface area (Å²) in [5.74, 6) is 1.16. The minimum absolute atomic E-state index is 0.0363. The summed E-state index contributed by atoms with van der Waals surface area (Å²) in [6.45, 7) is 0.183. The summed E-state index contributed by atoms with van der Waals surface area (Å²) in [6, 6.07) is 3.34. The molecular formula is C10H8O4. The third-order valence-electron chi connectivity index (χ3n) is 2.58. The summed E-state index contributed by atoms with van der Waals surface area (Å²) in [4.78, 5) is 11.4. The number of carbonyl (C=O) groups excluding carboxylic acids is 1. The minimum Gasteiger partial charge on any atom is -0.454 e. The largest absolute Gasteiger partial charge is 0.454 e. The fourth-order valence-electron chi connectivity index (χ4n) is 1.87. The summed E-state index contributed by atoms with van der Waals surface area (Å²) in [7, 11) is 0. The molecule has 14 heavy (non-hydrogen) atoms. The number of rotatable bonds is 0. The molecule has 0 saturated heterocycles. The van der Waals surface area contributed by atoms with Gasteiger partial charge in [-0.05, 0) is 17.7 Å². The van der Waals surface area contributed by atoms with Crippen molar-refractivity contribution >= 4 is 5.78 Å². The molecule has 1 N–H and O–H groups in total. The number of fused-ring (bicyclic) bond motifs is 2. The topological polar surface area (TPSA) is 55.8 Å². The van der Waals surface area contributed by atoms with E-state index in [0.717, 1.165) is 0 Å². The molecule has 0 spiro atoms. The van der Waals surface area contributed by atoms with Crippen molar-refractivity contribution in [2.24, 2.45) is 0 Å². The van der Waals surface area contributed by atoms with Crippen LogP contribution in [-0.2, 0) is 0 Å². The van der Waals surface area contributed by atoms with E-state index in [4.69, 9.17) is 9.47 Å². The van der Waals surface area contributed by atoms with Crippen molar-refractivity contribution in [1.82, 2.24) is 0 Å². The molecule has 1 aliphatic carbocycles. The van der Waals surface area contributed by atoms with Gasteiger partial charge in [0.25, 0.3) is 0 Å². The standard InChI is InChI=1S/C10H8O4/c11-7-3-8(12)6-2-10-9(1-5(6)7)13-4-14-10/h1-2,7,11H,3-4H2. The SMILES string of the molecule is O=C1CC(O)c2cc3c(cc21)OCO3. The molecule has 1 aliphatic heterocycles. The van der Waals surface area contributed by atoms with Crippen molar-refractivity contribution in [3.05, 3.63) is 23.3 Å². The molecule has 4 nitrogen and oxygen atoms in total. The fraction of sp³-hybridized carbons (Fsp3) is 0.300. The third-order valence-corrected chi connectivity index (χ3v) is 2.58. The number of hydrogen-bond acceptors (Lipinski definition) is 4. The van der Waals surface area contributed by atoms with E-state index in [0.29, 0.717) is 22.6 Å². The molecule has 2 aliphatic rings. The number of aliphatic hydroxyl groups excluding tert-OH is 1. The number of ketones is 1. The van der Waals surface area contributed by atoms with Gasteiger partial charge in [-0.1, -0.05) is 0 Å². The van der Waals surface area contributed by atoms with E-state index in [1.165, 1.54) is 0 Å². The van der Waals surface area contributed by atoms with Crippen LogP contribution in [0.2, 0.25) is 0 Å². The molecule has 1 unspecified atom stereocenters. The van der Waals surface area contributed by atoms with Gasteiger partial charge in [0.05, 0.1) is 6.10 Å². The number of benzene rings is 1. The predicted octanol–water partition coefficient (Wildman–Crippen LogP) is 1.04. The Morgan fingerprint density at radius 2 is 2.00 bits per heavy atom. The van der Waals surface area contributed by atoms with E-state index >= 15 is 0 Å². The first-order chi connectivity index (χ1) is 6.75. The molecule has 4 heteroatoms. The highest BCUT2D eigenvalue weighted by atomic mass is 16.7. The van der Waals surface area contributed by atoms with Crippen molar-refractivity contribution < 1.29 is 19.4 Å². The van der Waals surface area contributed by atoms with Gasteiger partial charge in [0.15, 0.2) is 17.3 Å². The molecule has 1 aromatic rings. The lowest BCUT2D eigenvalue weighted by Gasteiger charge is -2.03. The molecule has 1 heterocycles. The molecule has 0 amide bonds. The summed E-state index contributed by atoms with van der Waals surface area (Å²) in [5, 5.41) is 9.57. The first kappa shape index (κ1) is 7.82. The third kappa shape index (κ3) is 0.886. The van der Waals surface area contributed by atoms with Crippen molar-refractivity contribution in [2.75, 3.05) is 6.79 Å². The Kier molecular flexibility index (Phi) is 1.39. The highest BCUT2D eigenvalue weighted by Crippen LogP contribution is 2.41. The molecule has 1 atom stereocenters. The molecule has 72 valence electrons. The van der Waals surface area contributed by atoms with Gasteiger partial charge in [0.1, 0.15) is 0 Å². The normalized spacial score (nSPS) is 22.6. The highest BCUT2D eigenvalue weighted by Gasteiger charge is 2.31. The fourth-order valence-corrected chi connectivity index (χ4v) is 1.87. The van der Waals surface area contributed by atoms with E-state index < -0.39 is 6.10 Å². The van der Waals surface area contributed by atoms with Crippen LogP contribution >= 0.6 is 0 Å². The Hall–Kier alpha value is -1.55. The van der Waals surface area contributed by atoms with E-state index in [2.05, 4.69) is 0 Å². The van der Waals surface area contributed by atoms with Crippen LogP contribution < -0.4 is 9.47 Å². The maximum atomic E-state index is 11.4. The Morgan fingerprint density at radius 3 is 2.79 bits per heavy atom. The van der Waals surface area contributed by atoms with Crippen molar-refractivity contribution in [3.63, 3.8) is 0 Å². The lowest BCUT2D eigenvalue weighted by Crippen LogP contribution is -1.94. The van der Waals surface area contributed by atoms with Crippen LogP contribution in [0.15, 0.2) is 12.1 Å². The van der Waals surface area contributed by atoms with Crippen LogP contribution in [0.4, 0.5) is 0 Å². The van der Waals surface area contributed by atoms with E-state index in [1.807, 2.05) is 0 Å².